The number of carbonyl (C=O) groups excluding carboxylic acids is 3. The number of imide groups is 1. The van der Waals surface area contributed by atoms with E-state index >= 15 is 0 Å². The summed E-state index contributed by atoms with van der Waals surface area (Å²) in [6, 6.07) is 11.4. The average Bonchev–Trinajstić information content (AvgIpc) is 3.39. The number of rotatable bonds is 7. The summed E-state index contributed by atoms with van der Waals surface area (Å²) < 4.78 is 6.78. The van der Waals surface area contributed by atoms with Crippen LogP contribution in [0.3, 0.4) is 0 Å². The van der Waals surface area contributed by atoms with Crippen LogP contribution in [0, 0.1) is 0 Å². The second-order valence-electron chi connectivity index (χ2n) is 6.60. The number of para-hydroxylation sites is 1. The lowest BCUT2D eigenvalue weighted by Gasteiger charge is -2.12. The smallest absolute Gasteiger partial charge is 0.229 e. The second-order valence-corrected chi connectivity index (χ2v) is 7.63. The number of furan rings is 1. The molecule has 8 heteroatoms. The molecule has 3 amide bonds. The summed E-state index contributed by atoms with van der Waals surface area (Å²) in [7, 11) is 0. The standard InChI is InChI=1S/C20H19N3O4S/c24-16(7-3-4-12-23-18(25)10-11-19(23)26)22-17-9-8-14(27-17)20-21-13-5-1-2-6-15(13)28-20/h1-2,5-6,8-9H,3-4,7,10-12H2,(H,22,24). The number of aromatic nitrogens is 1. The first-order valence-corrected chi connectivity index (χ1v) is 10.0. The summed E-state index contributed by atoms with van der Waals surface area (Å²) in [6.45, 7) is 0.382. The van der Waals surface area contributed by atoms with Gasteiger partial charge < -0.3 is 4.42 Å². The van der Waals surface area contributed by atoms with E-state index in [2.05, 4.69) is 10.3 Å². The lowest BCUT2D eigenvalue weighted by molar-refractivity contribution is -0.138. The summed E-state index contributed by atoms with van der Waals surface area (Å²) in [6.07, 6.45) is 2.10. The van der Waals surface area contributed by atoms with Crippen molar-refractivity contribution in [2.24, 2.45) is 0 Å². The SMILES string of the molecule is O=C(CCCCN1C(=O)CCC1=O)Nc1ccc(-c2nc3ccccc3s2)o1. The van der Waals surface area contributed by atoms with Gasteiger partial charge >= 0.3 is 0 Å². The molecule has 7 nitrogen and oxygen atoms in total. The van der Waals surface area contributed by atoms with E-state index in [4.69, 9.17) is 4.42 Å². The average molecular weight is 397 g/mol. The second kappa shape index (κ2) is 7.93. The molecule has 2 aromatic heterocycles. The van der Waals surface area contributed by atoms with Crippen LogP contribution in [0.15, 0.2) is 40.8 Å². The first kappa shape index (κ1) is 18.4. The van der Waals surface area contributed by atoms with Crippen molar-refractivity contribution in [2.45, 2.75) is 32.1 Å². The number of nitrogens with one attached hydrogen (secondary N) is 1. The van der Waals surface area contributed by atoms with Gasteiger partial charge in [0.1, 0.15) is 0 Å². The molecule has 1 saturated heterocycles. The summed E-state index contributed by atoms with van der Waals surface area (Å²) in [4.78, 5) is 41.0. The molecule has 1 aromatic carbocycles. The molecule has 0 atom stereocenters. The maximum atomic E-state index is 12.1. The van der Waals surface area contributed by atoms with Crippen molar-refractivity contribution >= 4 is 45.2 Å². The van der Waals surface area contributed by atoms with Gasteiger partial charge in [-0.2, -0.15) is 0 Å². The third kappa shape index (κ3) is 3.96. The minimum absolute atomic E-state index is 0.118. The van der Waals surface area contributed by atoms with Crippen LogP contribution in [0.5, 0.6) is 0 Å². The Hall–Kier alpha value is -3.00. The minimum atomic E-state index is -0.163. The van der Waals surface area contributed by atoms with E-state index < -0.39 is 0 Å². The van der Waals surface area contributed by atoms with Crippen LogP contribution in [0.4, 0.5) is 5.88 Å². The van der Waals surface area contributed by atoms with Crippen LogP contribution >= 0.6 is 11.3 Å². The van der Waals surface area contributed by atoms with Crippen molar-refractivity contribution in [3.8, 4) is 10.8 Å². The Labute approximate surface area is 165 Å². The number of anilines is 1. The molecule has 0 spiro atoms. The van der Waals surface area contributed by atoms with Gasteiger partial charge in [0.25, 0.3) is 0 Å². The summed E-state index contributed by atoms with van der Waals surface area (Å²) in [5.74, 6) is 0.593. The number of carbonyl (C=O) groups is 3. The summed E-state index contributed by atoms with van der Waals surface area (Å²) in [5.41, 5.74) is 0.916. The molecule has 1 aliphatic heterocycles. The van der Waals surface area contributed by atoms with Gasteiger partial charge in [-0.25, -0.2) is 4.98 Å². The fourth-order valence-corrected chi connectivity index (χ4v) is 4.05. The molecule has 0 radical (unpaired) electrons. The molecule has 1 aliphatic rings. The molecule has 1 N–H and O–H groups in total. The van der Waals surface area contributed by atoms with Crippen LogP contribution in [0.25, 0.3) is 21.0 Å². The predicted octanol–water partition coefficient (Wildman–Crippen LogP) is 3.81. The highest BCUT2D eigenvalue weighted by Crippen LogP contribution is 2.32. The van der Waals surface area contributed by atoms with Crippen LogP contribution in [0.2, 0.25) is 0 Å². The molecular formula is C20H19N3O4S. The molecule has 1 fully saturated rings. The van der Waals surface area contributed by atoms with E-state index in [-0.39, 0.29) is 17.7 Å². The quantitative estimate of drug-likeness (QED) is 0.483. The first-order chi connectivity index (χ1) is 13.6. The highest BCUT2D eigenvalue weighted by molar-refractivity contribution is 7.21. The van der Waals surface area contributed by atoms with Crippen molar-refractivity contribution in [1.82, 2.24) is 9.88 Å². The van der Waals surface area contributed by atoms with Gasteiger partial charge in [0.2, 0.25) is 17.7 Å². The third-order valence-electron chi connectivity index (χ3n) is 4.56. The molecule has 144 valence electrons. The Kier molecular flexibility index (Phi) is 5.21. The zero-order valence-corrected chi connectivity index (χ0v) is 16.0. The monoisotopic (exact) mass is 397 g/mol. The van der Waals surface area contributed by atoms with Crippen LogP contribution in [-0.2, 0) is 14.4 Å². The Morgan fingerprint density at radius 3 is 2.68 bits per heavy atom. The lowest BCUT2D eigenvalue weighted by atomic mass is 10.2. The van der Waals surface area contributed by atoms with Crippen molar-refractivity contribution in [1.29, 1.82) is 0 Å². The van der Waals surface area contributed by atoms with Gasteiger partial charge in [0.15, 0.2) is 16.7 Å². The maximum Gasteiger partial charge on any atom is 0.229 e. The molecule has 3 heterocycles. The van der Waals surface area contributed by atoms with Gasteiger partial charge in [-0.05, 0) is 31.0 Å². The number of likely N-dealkylation sites (tertiary alicyclic amines) is 1. The number of hydrogen-bond donors (Lipinski definition) is 1. The van der Waals surface area contributed by atoms with E-state index in [1.807, 2.05) is 24.3 Å². The number of thiazole rings is 1. The Bertz CT molecular complexity index is 990. The number of unbranched alkanes of at least 4 members (excludes halogenated alkanes) is 1. The van der Waals surface area contributed by atoms with Crippen molar-refractivity contribution in [2.75, 3.05) is 11.9 Å². The number of nitrogens with zero attached hydrogens (tertiary/aromatic N) is 2. The van der Waals surface area contributed by atoms with Gasteiger partial charge in [-0.1, -0.05) is 12.1 Å². The van der Waals surface area contributed by atoms with Crippen molar-refractivity contribution in [3.63, 3.8) is 0 Å². The first-order valence-electron chi connectivity index (χ1n) is 9.19. The summed E-state index contributed by atoms with van der Waals surface area (Å²) >= 11 is 1.53. The number of amides is 3. The maximum absolute atomic E-state index is 12.1. The number of hydrogen-bond acceptors (Lipinski definition) is 6. The van der Waals surface area contributed by atoms with E-state index in [1.54, 1.807) is 12.1 Å². The van der Waals surface area contributed by atoms with Crippen LogP contribution in [0.1, 0.15) is 32.1 Å². The molecule has 4 rings (SSSR count). The van der Waals surface area contributed by atoms with E-state index in [1.165, 1.54) is 16.2 Å². The highest BCUT2D eigenvalue weighted by atomic mass is 32.1. The Balaban J connectivity index is 1.27. The molecule has 3 aromatic rings. The number of benzene rings is 1. The largest absolute Gasteiger partial charge is 0.438 e. The molecule has 0 unspecified atom stereocenters. The van der Waals surface area contributed by atoms with Gasteiger partial charge in [-0.15, -0.1) is 11.3 Å². The fourth-order valence-electron chi connectivity index (χ4n) is 3.13. The highest BCUT2D eigenvalue weighted by Gasteiger charge is 2.27. The summed E-state index contributed by atoms with van der Waals surface area (Å²) in [5, 5.41) is 3.50. The van der Waals surface area contributed by atoms with Crippen molar-refractivity contribution < 1.29 is 18.8 Å². The van der Waals surface area contributed by atoms with Gasteiger partial charge in [0, 0.05) is 31.9 Å². The Morgan fingerprint density at radius 1 is 1.11 bits per heavy atom. The van der Waals surface area contributed by atoms with Crippen LogP contribution in [-0.4, -0.2) is 34.2 Å². The molecule has 0 bridgehead atoms. The van der Waals surface area contributed by atoms with E-state index in [9.17, 15) is 14.4 Å². The molecule has 28 heavy (non-hydrogen) atoms. The predicted molar refractivity (Wildman–Crippen MR) is 106 cm³/mol. The van der Waals surface area contributed by atoms with E-state index in [0.29, 0.717) is 50.3 Å². The zero-order valence-electron chi connectivity index (χ0n) is 15.1. The molecule has 0 saturated carbocycles. The van der Waals surface area contributed by atoms with Gasteiger partial charge in [0.05, 0.1) is 10.2 Å². The van der Waals surface area contributed by atoms with E-state index in [0.717, 1.165) is 15.2 Å². The lowest BCUT2D eigenvalue weighted by Crippen LogP contribution is -2.30. The van der Waals surface area contributed by atoms with Crippen molar-refractivity contribution in [3.05, 3.63) is 36.4 Å². The van der Waals surface area contributed by atoms with Gasteiger partial charge in [-0.3, -0.25) is 24.6 Å². The molecular weight excluding hydrogens is 378 g/mol. The third-order valence-corrected chi connectivity index (χ3v) is 5.61. The Morgan fingerprint density at radius 2 is 1.89 bits per heavy atom. The minimum Gasteiger partial charge on any atom is -0.438 e. The molecule has 0 aliphatic carbocycles. The fraction of sp³-hybridized carbons (Fsp3) is 0.300. The normalized spacial score (nSPS) is 14.2. The van der Waals surface area contributed by atoms with Crippen LogP contribution < -0.4 is 5.32 Å². The zero-order chi connectivity index (χ0) is 19.5. The topological polar surface area (TPSA) is 92.5 Å². The number of fused-ring (bicyclic) bond motifs is 1.